The molecule has 0 aromatic heterocycles. The Kier molecular flexibility index (Phi) is 5.44. The summed E-state index contributed by atoms with van der Waals surface area (Å²) in [7, 11) is 0. The zero-order valence-corrected chi connectivity index (χ0v) is 11.6. The summed E-state index contributed by atoms with van der Waals surface area (Å²) < 4.78 is 10.7. The molecule has 1 aliphatic heterocycles. The first-order valence-corrected chi connectivity index (χ1v) is 6.79. The number of rotatable bonds is 8. The van der Waals surface area contributed by atoms with Gasteiger partial charge in [-0.15, -0.1) is 0 Å². The molecule has 0 saturated carbocycles. The summed E-state index contributed by atoms with van der Waals surface area (Å²) in [5, 5.41) is 0. The Morgan fingerprint density at radius 2 is 2.12 bits per heavy atom. The van der Waals surface area contributed by atoms with Crippen molar-refractivity contribution in [3.8, 4) is 0 Å². The number of carbonyl (C=O) groups is 1. The van der Waals surface area contributed by atoms with Gasteiger partial charge < -0.3 is 9.47 Å². The van der Waals surface area contributed by atoms with Crippen LogP contribution in [0.3, 0.4) is 0 Å². The molecule has 1 fully saturated rings. The van der Waals surface area contributed by atoms with Crippen molar-refractivity contribution < 1.29 is 14.3 Å². The molecule has 0 aliphatic carbocycles. The summed E-state index contributed by atoms with van der Waals surface area (Å²) in [6.07, 6.45) is 5.05. The highest BCUT2D eigenvalue weighted by Gasteiger charge is 2.46. The molecule has 0 N–H and O–H groups in total. The number of hydrogen-bond acceptors (Lipinski definition) is 3. The molecule has 1 rings (SSSR count). The van der Waals surface area contributed by atoms with E-state index in [1.54, 1.807) is 0 Å². The van der Waals surface area contributed by atoms with Crippen molar-refractivity contribution in [3.05, 3.63) is 0 Å². The van der Waals surface area contributed by atoms with Gasteiger partial charge in [0.15, 0.2) is 0 Å². The van der Waals surface area contributed by atoms with E-state index in [1.807, 2.05) is 0 Å². The van der Waals surface area contributed by atoms with Crippen molar-refractivity contribution in [2.24, 2.45) is 5.92 Å². The molecule has 0 bridgehead atoms. The molecule has 3 heteroatoms. The summed E-state index contributed by atoms with van der Waals surface area (Å²) in [6, 6.07) is 0. The van der Waals surface area contributed by atoms with Crippen LogP contribution in [0.5, 0.6) is 0 Å². The second-order valence-electron chi connectivity index (χ2n) is 5.67. The number of esters is 1. The third-order valence-electron chi connectivity index (χ3n) is 3.36. The molecule has 2 unspecified atom stereocenters. The molecular weight excluding hydrogens is 216 g/mol. The van der Waals surface area contributed by atoms with Gasteiger partial charge in [0, 0.05) is 6.42 Å². The molecule has 0 aromatic carbocycles. The number of carbonyl (C=O) groups excluding carboxylic acids is 1. The van der Waals surface area contributed by atoms with Crippen LogP contribution >= 0.6 is 0 Å². The zero-order chi connectivity index (χ0) is 12.9. The lowest BCUT2D eigenvalue weighted by atomic mass is 9.97. The predicted octanol–water partition coefficient (Wildman–Crippen LogP) is 3.31. The van der Waals surface area contributed by atoms with Crippen LogP contribution in [0.4, 0.5) is 0 Å². The van der Waals surface area contributed by atoms with Crippen molar-refractivity contribution in [3.63, 3.8) is 0 Å². The van der Waals surface area contributed by atoms with Crippen molar-refractivity contribution >= 4 is 5.97 Å². The van der Waals surface area contributed by atoms with Gasteiger partial charge in [-0.3, -0.25) is 4.79 Å². The summed E-state index contributed by atoms with van der Waals surface area (Å²) >= 11 is 0. The Morgan fingerprint density at radius 3 is 2.65 bits per heavy atom. The van der Waals surface area contributed by atoms with Crippen LogP contribution in [-0.2, 0) is 14.3 Å². The average Bonchev–Trinajstić information content (AvgIpc) is 2.84. The van der Waals surface area contributed by atoms with Gasteiger partial charge in [-0.2, -0.15) is 0 Å². The fourth-order valence-corrected chi connectivity index (χ4v) is 1.95. The molecule has 2 atom stereocenters. The van der Waals surface area contributed by atoms with E-state index in [1.165, 1.54) is 0 Å². The first kappa shape index (κ1) is 14.5. The van der Waals surface area contributed by atoms with Gasteiger partial charge in [0.05, 0.1) is 18.3 Å². The van der Waals surface area contributed by atoms with Crippen LogP contribution < -0.4 is 0 Å². The first-order valence-electron chi connectivity index (χ1n) is 6.79. The predicted molar refractivity (Wildman–Crippen MR) is 67.8 cm³/mol. The third kappa shape index (κ3) is 5.53. The topological polar surface area (TPSA) is 38.8 Å². The quantitative estimate of drug-likeness (QED) is 0.372. The van der Waals surface area contributed by atoms with Gasteiger partial charge in [0.2, 0.25) is 0 Å². The first-order chi connectivity index (χ1) is 7.95. The minimum atomic E-state index is -0.0538. The molecule has 0 spiro atoms. The highest BCUT2D eigenvalue weighted by Crippen LogP contribution is 2.39. The maximum absolute atomic E-state index is 11.5. The number of unbranched alkanes of at least 4 members (excludes halogenated alkanes) is 1. The van der Waals surface area contributed by atoms with Crippen LogP contribution in [-0.4, -0.2) is 24.3 Å². The second-order valence-corrected chi connectivity index (χ2v) is 5.67. The number of ether oxygens (including phenoxy) is 2. The second kappa shape index (κ2) is 6.39. The van der Waals surface area contributed by atoms with Crippen LogP contribution in [0.2, 0.25) is 0 Å². The molecule has 1 aliphatic rings. The molecule has 17 heavy (non-hydrogen) atoms. The van der Waals surface area contributed by atoms with E-state index in [0.717, 1.165) is 25.7 Å². The monoisotopic (exact) mass is 242 g/mol. The average molecular weight is 242 g/mol. The van der Waals surface area contributed by atoms with Gasteiger partial charge in [0.1, 0.15) is 0 Å². The van der Waals surface area contributed by atoms with E-state index < -0.39 is 0 Å². The lowest BCUT2D eigenvalue weighted by Crippen LogP contribution is -2.12. The lowest BCUT2D eigenvalue weighted by molar-refractivity contribution is -0.144. The molecule has 0 aromatic rings. The molecule has 0 radical (unpaired) electrons. The maximum Gasteiger partial charge on any atom is 0.306 e. The Labute approximate surface area is 105 Å². The normalized spacial score (nSPS) is 23.2. The van der Waals surface area contributed by atoms with Crippen molar-refractivity contribution in [1.82, 2.24) is 0 Å². The number of hydrogen-bond donors (Lipinski definition) is 0. The fourth-order valence-electron chi connectivity index (χ4n) is 1.95. The van der Waals surface area contributed by atoms with Gasteiger partial charge in [0.25, 0.3) is 0 Å². The van der Waals surface area contributed by atoms with Crippen LogP contribution in [0.15, 0.2) is 0 Å². The van der Waals surface area contributed by atoms with E-state index in [0.29, 0.717) is 25.0 Å². The molecule has 100 valence electrons. The zero-order valence-electron chi connectivity index (χ0n) is 11.6. The molecular formula is C14H26O3. The van der Waals surface area contributed by atoms with Crippen molar-refractivity contribution in [1.29, 1.82) is 0 Å². The molecule has 3 nitrogen and oxygen atoms in total. The van der Waals surface area contributed by atoms with E-state index in [9.17, 15) is 4.79 Å². The van der Waals surface area contributed by atoms with Crippen LogP contribution in [0, 0.1) is 5.92 Å². The minimum absolute atomic E-state index is 0.0538. The van der Waals surface area contributed by atoms with E-state index in [-0.39, 0.29) is 11.6 Å². The number of epoxide rings is 1. The highest BCUT2D eigenvalue weighted by molar-refractivity contribution is 5.69. The smallest absolute Gasteiger partial charge is 0.306 e. The molecule has 1 heterocycles. The Balaban J connectivity index is 2.04. The lowest BCUT2D eigenvalue weighted by Gasteiger charge is -2.10. The van der Waals surface area contributed by atoms with Gasteiger partial charge in [-0.25, -0.2) is 0 Å². The highest BCUT2D eigenvalue weighted by atomic mass is 16.6. The Morgan fingerprint density at radius 1 is 1.47 bits per heavy atom. The summed E-state index contributed by atoms with van der Waals surface area (Å²) in [6.45, 7) is 8.99. The third-order valence-corrected chi connectivity index (χ3v) is 3.36. The van der Waals surface area contributed by atoms with Crippen molar-refractivity contribution in [2.45, 2.75) is 71.5 Å². The summed E-state index contributed by atoms with van der Waals surface area (Å²) in [5.41, 5.74) is 0.0708. The van der Waals surface area contributed by atoms with E-state index in [2.05, 4.69) is 27.7 Å². The molecule has 0 amide bonds. The summed E-state index contributed by atoms with van der Waals surface area (Å²) in [5.74, 6) is 0.339. The largest absolute Gasteiger partial charge is 0.466 e. The summed E-state index contributed by atoms with van der Waals surface area (Å²) in [4.78, 5) is 11.5. The van der Waals surface area contributed by atoms with Crippen LogP contribution in [0.25, 0.3) is 0 Å². The Bertz CT molecular complexity index is 248. The Hall–Kier alpha value is -0.570. The SMILES string of the molecule is CCCCOC(=O)CC(C)CCC1OC1(C)C. The standard InChI is InChI=1S/C14H26O3/c1-5-6-9-16-13(15)10-11(2)7-8-12-14(3,4)17-12/h11-12H,5-10H2,1-4H3. The fraction of sp³-hybridized carbons (Fsp3) is 0.929. The molecule has 1 saturated heterocycles. The van der Waals surface area contributed by atoms with Crippen LogP contribution in [0.1, 0.15) is 59.8 Å². The van der Waals surface area contributed by atoms with Gasteiger partial charge >= 0.3 is 5.97 Å². The van der Waals surface area contributed by atoms with E-state index in [4.69, 9.17) is 9.47 Å². The van der Waals surface area contributed by atoms with Gasteiger partial charge in [-0.05, 0) is 39.0 Å². The van der Waals surface area contributed by atoms with Crippen molar-refractivity contribution in [2.75, 3.05) is 6.61 Å². The minimum Gasteiger partial charge on any atom is -0.466 e. The van der Waals surface area contributed by atoms with Gasteiger partial charge in [-0.1, -0.05) is 20.3 Å². The maximum atomic E-state index is 11.5. The van der Waals surface area contributed by atoms with E-state index >= 15 is 0 Å².